The lowest BCUT2D eigenvalue weighted by molar-refractivity contribution is 0.297. The van der Waals surface area contributed by atoms with E-state index in [-0.39, 0.29) is 0 Å². The summed E-state index contributed by atoms with van der Waals surface area (Å²) in [6.45, 7) is 1.85. The molecule has 3 N–H and O–H groups in total. The maximum atomic E-state index is 5.75. The van der Waals surface area contributed by atoms with Gasteiger partial charge in [0, 0.05) is 12.6 Å². The average molecular weight is 286 g/mol. The first-order valence-corrected chi connectivity index (χ1v) is 7.21. The Bertz CT molecular complexity index is 517. The molecule has 4 nitrogen and oxygen atoms in total. The Morgan fingerprint density at radius 2 is 1.57 bits per heavy atom. The average Bonchev–Trinajstić information content (AvgIpc) is 2.53. The van der Waals surface area contributed by atoms with E-state index in [1.165, 1.54) is 5.56 Å². The van der Waals surface area contributed by atoms with Crippen molar-refractivity contribution in [3.8, 4) is 11.5 Å². The van der Waals surface area contributed by atoms with Gasteiger partial charge in [-0.15, -0.1) is 0 Å². The number of rotatable bonds is 9. The molecule has 0 unspecified atom stereocenters. The summed E-state index contributed by atoms with van der Waals surface area (Å²) in [4.78, 5) is 0. The van der Waals surface area contributed by atoms with Crippen LogP contribution >= 0.6 is 0 Å². The van der Waals surface area contributed by atoms with Gasteiger partial charge >= 0.3 is 0 Å². The molecule has 0 heterocycles. The third-order valence-corrected chi connectivity index (χ3v) is 3.04. The van der Waals surface area contributed by atoms with Crippen molar-refractivity contribution >= 4 is 0 Å². The number of hydrogen-bond donors (Lipinski definition) is 2. The molecule has 2 aromatic carbocycles. The first-order valence-electron chi connectivity index (χ1n) is 7.21. The van der Waals surface area contributed by atoms with Crippen LogP contribution in [0.4, 0.5) is 0 Å². The molecule has 112 valence electrons. The first kappa shape index (κ1) is 15.4. The van der Waals surface area contributed by atoms with E-state index in [0.717, 1.165) is 24.3 Å². The van der Waals surface area contributed by atoms with Crippen LogP contribution in [0.1, 0.15) is 12.0 Å². The topological polar surface area (TPSA) is 56.5 Å². The maximum Gasteiger partial charge on any atom is 0.123 e. The van der Waals surface area contributed by atoms with E-state index in [1.54, 1.807) is 0 Å². The van der Waals surface area contributed by atoms with Gasteiger partial charge in [-0.05, 0) is 30.5 Å². The highest BCUT2D eigenvalue weighted by atomic mass is 16.5. The number of hydrogen-bond acceptors (Lipinski definition) is 4. The van der Waals surface area contributed by atoms with Crippen molar-refractivity contribution in [3.05, 3.63) is 60.2 Å². The lowest BCUT2D eigenvalue weighted by Gasteiger charge is -2.09. The summed E-state index contributed by atoms with van der Waals surface area (Å²) in [6, 6.07) is 18.1. The van der Waals surface area contributed by atoms with Crippen LogP contribution in [0.5, 0.6) is 11.5 Å². The largest absolute Gasteiger partial charge is 0.493 e. The zero-order chi connectivity index (χ0) is 14.8. The predicted molar refractivity (Wildman–Crippen MR) is 84.4 cm³/mol. The second-order valence-electron chi connectivity index (χ2n) is 4.72. The van der Waals surface area contributed by atoms with Crippen molar-refractivity contribution in [2.24, 2.45) is 5.84 Å². The van der Waals surface area contributed by atoms with Crippen LogP contribution in [0, 0.1) is 0 Å². The third-order valence-electron chi connectivity index (χ3n) is 3.04. The number of aryl methyl sites for hydroxylation is 1. The van der Waals surface area contributed by atoms with Crippen LogP contribution < -0.4 is 20.7 Å². The van der Waals surface area contributed by atoms with Crippen LogP contribution in [-0.2, 0) is 6.42 Å². The monoisotopic (exact) mass is 286 g/mol. The number of hydrazine groups is 1. The molecule has 0 bridgehead atoms. The fourth-order valence-corrected chi connectivity index (χ4v) is 1.99. The van der Waals surface area contributed by atoms with E-state index in [1.807, 2.05) is 30.3 Å². The summed E-state index contributed by atoms with van der Waals surface area (Å²) in [7, 11) is 0. The molecule has 21 heavy (non-hydrogen) atoms. The van der Waals surface area contributed by atoms with E-state index >= 15 is 0 Å². The van der Waals surface area contributed by atoms with Gasteiger partial charge in [-0.3, -0.25) is 11.3 Å². The number of benzene rings is 2. The first-order chi connectivity index (χ1) is 10.4. The van der Waals surface area contributed by atoms with Crippen molar-refractivity contribution in [2.75, 3.05) is 19.8 Å². The molecule has 0 aliphatic heterocycles. The summed E-state index contributed by atoms with van der Waals surface area (Å²) >= 11 is 0. The van der Waals surface area contributed by atoms with Gasteiger partial charge in [0.2, 0.25) is 0 Å². The van der Waals surface area contributed by atoms with Crippen molar-refractivity contribution in [2.45, 2.75) is 12.8 Å². The summed E-state index contributed by atoms with van der Waals surface area (Å²) in [5.74, 6) is 6.83. The quantitative estimate of drug-likeness (QED) is 0.422. The van der Waals surface area contributed by atoms with Gasteiger partial charge in [0.15, 0.2) is 0 Å². The molecule has 0 saturated heterocycles. The number of ether oxygens (including phenoxy) is 2. The van der Waals surface area contributed by atoms with E-state index in [2.05, 4.69) is 29.7 Å². The van der Waals surface area contributed by atoms with Gasteiger partial charge in [0.05, 0.1) is 6.61 Å². The minimum Gasteiger partial charge on any atom is -0.493 e. The molecule has 0 amide bonds. The van der Waals surface area contributed by atoms with Crippen LogP contribution in [0.15, 0.2) is 54.6 Å². The molecular weight excluding hydrogens is 264 g/mol. The Balaban J connectivity index is 1.71. The van der Waals surface area contributed by atoms with Crippen LogP contribution in [0.25, 0.3) is 0 Å². The number of nitrogens with two attached hydrogens (primary N) is 1. The normalized spacial score (nSPS) is 10.3. The van der Waals surface area contributed by atoms with Crippen molar-refractivity contribution in [1.82, 2.24) is 5.43 Å². The van der Waals surface area contributed by atoms with E-state index in [9.17, 15) is 0 Å². The van der Waals surface area contributed by atoms with E-state index in [0.29, 0.717) is 19.8 Å². The Morgan fingerprint density at radius 3 is 2.29 bits per heavy atom. The molecule has 2 rings (SSSR count). The second-order valence-corrected chi connectivity index (χ2v) is 4.72. The molecule has 0 aliphatic rings. The minimum absolute atomic E-state index is 0.536. The highest BCUT2D eigenvalue weighted by molar-refractivity contribution is 5.32. The Labute approximate surface area is 125 Å². The molecule has 2 aromatic rings. The zero-order valence-electron chi connectivity index (χ0n) is 12.1. The summed E-state index contributed by atoms with van der Waals surface area (Å²) in [5, 5.41) is 0. The molecule has 0 atom stereocenters. The van der Waals surface area contributed by atoms with Gasteiger partial charge in [0.25, 0.3) is 0 Å². The predicted octanol–water partition coefficient (Wildman–Crippen LogP) is 2.54. The Morgan fingerprint density at radius 1 is 0.857 bits per heavy atom. The second kappa shape index (κ2) is 9.00. The van der Waals surface area contributed by atoms with Gasteiger partial charge in [0.1, 0.15) is 18.1 Å². The fourth-order valence-electron chi connectivity index (χ4n) is 1.99. The van der Waals surface area contributed by atoms with Crippen molar-refractivity contribution in [1.29, 1.82) is 0 Å². The lowest BCUT2D eigenvalue weighted by atomic mass is 10.1. The molecule has 0 aliphatic carbocycles. The smallest absolute Gasteiger partial charge is 0.123 e. The van der Waals surface area contributed by atoms with E-state index in [4.69, 9.17) is 15.3 Å². The van der Waals surface area contributed by atoms with Crippen LogP contribution in [-0.4, -0.2) is 19.8 Å². The molecule has 4 heteroatoms. The van der Waals surface area contributed by atoms with Gasteiger partial charge in [-0.2, -0.15) is 0 Å². The molecule has 0 radical (unpaired) electrons. The molecule has 0 fully saturated rings. The van der Waals surface area contributed by atoms with Gasteiger partial charge in [-0.1, -0.05) is 36.4 Å². The van der Waals surface area contributed by atoms with Crippen molar-refractivity contribution < 1.29 is 9.47 Å². The third kappa shape index (κ3) is 5.85. The summed E-state index contributed by atoms with van der Waals surface area (Å²) in [5.41, 5.74) is 3.89. The summed E-state index contributed by atoms with van der Waals surface area (Å²) < 4.78 is 11.3. The standard InChI is InChI=1S/C17H22N2O2/c18-19-11-13-21-17-10-4-9-16(14-17)20-12-5-8-15-6-2-1-3-7-15/h1-4,6-7,9-10,14,19H,5,8,11-13,18H2. The highest BCUT2D eigenvalue weighted by Crippen LogP contribution is 2.19. The SMILES string of the molecule is NNCCOc1cccc(OCCCc2ccccc2)c1. The van der Waals surface area contributed by atoms with Gasteiger partial charge in [-0.25, -0.2) is 0 Å². The Kier molecular flexibility index (Phi) is 6.58. The highest BCUT2D eigenvalue weighted by Gasteiger charge is 1.98. The maximum absolute atomic E-state index is 5.75. The lowest BCUT2D eigenvalue weighted by Crippen LogP contribution is -2.27. The number of nitrogens with one attached hydrogen (secondary N) is 1. The molecular formula is C17H22N2O2. The molecule has 0 saturated carbocycles. The molecule has 0 spiro atoms. The molecule has 0 aromatic heterocycles. The minimum atomic E-state index is 0.536. The summed E-state index contributed by atoms with van der Waals surface area (Å²) in [6.07, 6.45) is 2.02. The fraction of sp³-hybridized carbons (Fsp3) is 0.294. The van der Waals surface area contributed by atoms with Crippen molar-refractivity contribution in [3.63, 3.8) is 0 Å². The van der Waals surface area contributed by atoms with E-state index < -0.39 is 0 Å². The Hall–Kier alpha value is -2.04. The van der Waals surface area contributed by atoms with Crippen LogP contribution in [0.2, 0.25) is 0 Å². The zero-order valence-corrected chi connectivity index (χ0v) is 12.1. The van der Waals surface area contributed by atoms with Gasteiger partial charge < -0.3 is 9.47 Å². The van der Waals surface area contributed by atoms with Crippen LogP contribution in [0.3, 0.4) is 0 Å².